The summed E-state index contributed by atoms with van der Waals surface area (Å²) >= 11 is 0. The first-order valence-corrected chi connectivity index (χ1v) is 9.96. The quantitative estimate of drug-likeness (QED) is 0.0682. The Labute approximate surface area is 182 Å². The summed E-state index contributed by atoms with van der Waals surface area (Å²) in [6, 6.07) is 0. The van der Waals surface area contributed by atoms with Gasteiger partial charge in [-0.05, 0) is 25.2 Å². The van der Waals surface area contributed by atoms with Gasteiger partial charge in [-0.25, -0.2) is 9.59 Å². The van der Waals surface area contributed by atoms with E-state index in [0.29, 0.717) is 6.54 Å². The molecule has 0 aromatic carbocycles. The highest BCUT2D eigenvalue weighted by atomic mass is 16.7. The fraction of sp³-hybridized carbons (Fsp3) is 0.789. The molecule has 12 heteroatoms. The van der Waals surface area contributed by atoms with Gasteiger partial charge >= 0.3 is 18.2 Å². The Morgan fingerprint density at radius 1 is 0.968 bits per heavy atom. The van der Waals surface area contributed by atoms with Gasteiger partial charge in [0.2, 0.25) is 0 Å². The standard InChI is InChI=1S/C19H36N4O8/c1-18(2,3)7-5-8-22-16(26)28-9-6-10-29-17(27)30-12-19(4,11-24)14(25)31-13-23-15(20)21/h24H,5-13H2,1-4H3,(H,22,26)(H4,20,21,23). The first kappa shape index (κ1) is 28.2. The normalized spacial score (nSPS) is 12.8. The Morgan fingerprint density at radius 2 is 1.61 bits per heavy atom. The molecule has 180 valence electrons. The Bertz CT molecular complexity index is 594. The van der Waals surface area contributed by atoms with Gasteiger partial charge in [-0.15, -0.1) is 0 Å². The predicted molar refractivity (Wildman–Crippen MR) is 111 cm³/mol. The van der Waals surface area contributed by atoms with Crippen molar-refractivity contribution >= 4 is 24.2 Å². The minimum atomic E-state index is -1.51. The topological polar surface area (TPSA) is 182 Å². The minimum Gasteiger partial charge on any atom is -0.449 e. The molecule has 0 heterocycles. The number of ether oxygens (including phenoxy) is 4. The van der Waals surface area contributed by atoms with E-state index < -0.39 is 36.8 Å². The van der Waals surface area contributed by atoms with Crippen molar-refractivity contribution in [3.05, 3.63) is 0 Å². The Hall–Kier alpha value is -2.76. The molecule has 0 spiro atoms. The summed E-state index contributed by atoms with van der Waals surface area (Å²) in [4.78, 5) is 35.1. The molecule has 0 aliphatic carbocycles. The number of esters is 1. The van der Waals surface area contributed by atoms with E-state index in [2.05, 4.69) is 31.4 Å². The summed E-state index contributed by atoms with van der Waals surface area (Å²) in [6.07, 6.45) is 0.515. The summed E-state index contributed by atoms with van der Waals surface area (Å²) in [7, 11) is 0. The predicted octanol–water partition coefficient (Wildman–Crippen LogP) is 1.06. The number of carbonyl (C=O) groups excluding carboxylic acids is 3. The Kier molecular flexibility index (Phi) is 13.0. The van der Waals surface area contributed by atoms with E-state index in [-0.39, 0.29) is 37.7 Å². The van der Waals surface area contributed by atoms with Gasteiger partial charge in [0.1, 0.15) is 12.0 Å². The van der Waals surface area contributed by atoms with Gasteiger partial charge in [-0.2, -0.15) is 0 Å². The third-order valence-corrected chi connectivity index (χ3v) is 3.93. The van der Waals surface area contributed by atoms with E-state index in [9.17, 15) is 19.5 Å². The molecule has 0 rings (SSSR count). The molecule has 6 N–H and O–H groups in total. The molecular formula is C19H36N4O8. The van der Waals surface area contributed by atoms with E-state index in [1.807, 2.05) is 0 Å². The van der Waals surface area contributed by atoms with Crippen molar-refractivity contribution in [3.63, 3.8) is 0 Å². The number of aliphatic hydroxyl groups excluding tert-OH is 1. The third kappa shape index (κ3) is 14.8. The summed E-state index contributed by atoms with van der Waals surface area (Å²) in [5, 5.41) is 21.3. The lowest BCUT2D eigenvalue weighted by Crippen LogP contribution is -2.41. The average molecular weight is 449 g/mol. The molecule has 0 fully saturated rings. The molecule has 0 aliphatic heterocycles. The number of guanidine groups is 1. The highest BCUT2D eigenvalue weighted by molar-refractivity contribution is 5.78. The first-order valence-electron chi connectivity index (χ1n) is 9.96. The fourth-order valence-corrected chi connectivity index (χ4v) is 2.02. The smallest absolute Gasteiger partial charge is 0.449 e. The van der Waals surface area contributed by atoms with E-state index >= 15 is 0 Å². The van der Waals surface area contributed by atoms with Crippen LogP contribution >= 0.6 is 0 Å². The molecular weight excluding hydrogens is 412 g/mol. The van der Waals surface area contributed by atoms with Crippen LogP contribution in [-0.2, 0) is 23.7 Å². The number of carbonyl (C=O) groups is 3. The van der Waals surface area contributed by atoms with Crippen LogP contribution in [0.1, 0.15) is 47.0 Å². The van der Waals surface area contributed by atoms with Crippen molar-refractivity contribution < 1.29 is 38.4 Å². The Balaban J connectivity index is 3.96. The molecule has 0 saturated carbocycles. The van der Waals surface area contributed by atoms with Gasteiger partial charge in [0.15, 0.2) is 12.7 Å². The van der Waals surface area contributed by atoms with Gasteiger partial charge in [-0.3, -0.25) is 10.2 Å². The second-order valence-corrected chi connectivity index (χ2v) is 8.35. The third-order valence-electron chi connectivity index (χ3n) is 3.93. The maximum absolute atomic E-state index is 12.0. The molecule has 1 atom stereocenters. The van der Waals surface area contributed by atoms with E-state index in [0.717, 1.165) is 12.8 Å². The molecule has 0 radical (unpaired) electrons. The van der Waals surface area contributed by atoms with Crippen LogP contribution in [-0.4, -0.2) is 69.0 Å². The van der Waals surface area contributed by atoms with E-state index in [4.69, 9.17) is 30.1 Å². The number of hydrogen-bond acceptors (Lipinski definition) is 9. The number of nitrogens with two attached hydrogens (primary N) is 1. The monoisotopic (exact) mass is 448 g/mol. The molecule has 0 saturated heterocycles. The van der Waals surface area contributed by atoms with Crippen molar-refractivity contribution in [3.8, 4) is 0 Å². The summed E-state index contributed by atoms with van der Waals surface area (Å²) in [5.74, 6) is -1.24. The molecule has 12 nitrogen and oxygen atoms in total. The number of nitrogens with one attached hydrogen (secondary N) is 3. The highest BCUT2D eigenvalue weighted by Crippen LogP contribution is 2.20. The second kappa shape index (κ2) is 14.3. The van der Waals surface area contributed by atoms with Crippen LogP contribution in [0.15, 0.2) is 0 Å². The van der Waals surface area contributed by atoms with Crippen LogP contribution in [0, 0.1) is 16.2 Å². The SMILES string of the molecule is CC(C)(C)CCCNC(=O)OCCCOC(=O)OCC(C)(CO)C(=O)OCNC(=N)N. The molecule has 1 amide bonds. The lowest BCUT2D eigenvalue weighted by molar-refractivity contribution is -0.160. The van der Waals surface area contributed by atoms with Gasteiger partial charge in [-0.1, -0.05) is 20.8 Å². The van der Waals surface area contributed by atoms with Gasteiger partial charge in [0.05, 0.1) is 19.8 Å². The van der Waals surface area contributed by atoms with Gasteiger partial charge in [0.25, 0.3) is 0 Å². The van der Waals surface area contributed by atoms with Crippen LogP contribution in [0.3, 0.4) is 0 Å². The average Bonchev–Trinajstić information content (AvgIpc) is 2.68. The first-order chi connectivity index (χ1) is 14.4. The number of amides is 1. The summed E-state index contributed by atoms with van der Waals surface area (Å²) in [6.45, 7) is 6.76. The van der Waals surface area contributed by atoms with Crippen LogP contribution in [0.2, 0.25) is 0 Å². The molecule has 0 aliphatic rings. The van der Waals surface area contributed by atoms with Crippen molar-refractivity contribution in [2.75, 3.05) is 39.7 Å². The van der Waals surface area contributed by atoms with E-state index in [1.54, 1.807) is 0 Å². The van der Waals surface area contributed by atoms with Crippen molar-refractivity contribution in [1.82, 2.24) is 10.6 Å². The van der Waals surface area contributed by atoms with Gasteiger partial charge in [0, 0.05) is 13.0 Å². The van der Waals surface area contributed by atoms with Crippen LogP contribution < -0.4 is 16.4 Å². The number of rotatable bonds is 13. The lowest BCUT2D eigenvalue weighted by atomic mass is 9.91. The largest absolute Gasteiger partial charge is 0.508 e. The van der Waals surface area contributed by atoms with Crippen molar-refractivity contribution in [2.24, 2.45) is 16.6 Å². The maximum atomic E-state index is 12.0. The fourth-order valence-electron chi connectivity index (χ4n) is 2.02. The molecule has 1 unspecified atom stereocenters. The lowest BCUT2D eigenvalue weighted by Gasteiger charge is -2.24. The zero-order valence-electron chi connectivity index (χ0n) is 18.7. The number of alkyl carbamates (subject to hydrolysis) is 1. The zero-order valence-corrected chi connectivity index (χ0v) is 18.7. The van der Waals surface area contributed by atoms with E-state index in [1.165, 1.54) is 6.92 Å². The van der Waals surface area contributed by atoms with Crippen molar-refractivity contribution in [1.29, 1.82) is 5.41 Å². The number of aliphatic hydroxyl groups is 1. The van der Waals surface area contributed by atoms with Crippen molar-refractivity contribution in [2.45, 2.75) is 47.0 Å². The second-order valence-electron chi connectivity index (χ2n) is 8.35. The maximum Gasteiger partial charge on any atom is 0.508 e. The Morgan fingerprint density at radius 3 is 2.19 bits per heavy atom. The molecule has 0 aromatic heterocycles. The summed E-state index contributed by atoms with van der Waals surface area (Å²) in [5.41, 5.74) is 3.76. The van der Waals surface area contributed by atoms with Gasteiger partial charge < -0.3 is 40.4 Å². The van der Waals surface area contributed by atoms with Crippen LogP contribution in [0.4, 0.5) is 9.59 Å². The molecule has 0 aromatic rings. The van der Waals surface area contributed by atoms with Crippen LogP contribution in [0.5, 0.6) is 0 Å². The van der Waals surface area contributed by atoms with Crippen LogP contribution in [0.25, 0.3) is 0 Å². The molecule has 31 heavy (non-hydrogen) atoms. The molecule has 0 bridgehead atoms. The zero-order chi connectivity index (χ0) is 23.9. The highest BCUT2D eigenvalue weighted by Gasteiger charge is 2.36. The minimum absolute atomic E-state index is 0.0566. The summed E-state index contributed by atoms with van der Waals surface area (Å²) < 4.78 is 19.4. The number of hydrogen-bond donors (Lipinski definition) is 5.